The lowest BCUT2D eigenvalue weighted by Crippen LogP contribution is -2.25. The molecule has 0 saturated heterocycles. The third kappa shape index (κ3) is 5.43. The van der Waals surface area contributed by atoms with Crippen LogP contribution in [0.4, 0.5) is 0 Å². The molecule has 3 rings (SSSR count). The molecule has 1 aromatic heterocycles. The van der Waals surface area contributed by atoms with E-state index in [1.54, 1.807) is 0 Å². The van der Waals surface area contributed by atoms with Crippen molar-refractivity contribution in [2.24, 2.45) is 0 Å². The van der Waals surface area contributed by atoms with Crippen molar-refractivity contribution >= 4 is 0 Å². The number of ether oxygens (including phenoxy) is 1. The fraction of sp³-hybridized carbons (Fsp3) is 0.261. The SMILES string of the molecule is CCOc1ccccc1CN(CCc1ccccc1)Cc1ccncc1. The van der Waals surface area contributed by atoms with E-state index in [2.05, 4.69) is 70.5 Å². The molecule has 0 aliphatic heterocycles. The van der Waals surface area contributed by atoms with Gasteiger partial charge in [-0.05, 0) is 42.7 Å². The quantitative estimate of drug-likeness (QED) is 0.560. The van der Waals surface area contributed by atoms with Crippen molar-refractivity contribution in [2.45, 2.75) is 26.4 Å². The normalized spacial score (nSPS) is 10.8. The molecule has 3 aromatic rings. The lowest BCUT2D eigenvalue weighted by Gasteiger charge is -2.24. The Labute approximate surface area is 156 Å². The summed E-state index contributed by atoms with van der Waals surface area (Å²) in [6.07, 6.45) is 4.75. The lowest BCUT2D eigenvalue weighted by molar-refractivity contribution is 0.252. The zero-order valence-electron chi connectivity index (χ0n) is 15.3. The summed E-state index contributed by atoms with van der Waals surface area (Å²) in [5.74, 6) is 0.981. The van der Waals surface area contributed by atoms with Gasteiger partial charge in [-0.1, -0.05) is 48.5 Å². The van der Waals surface area contributed by atoms with E-state index in [0.717, 1.165) is 31.8 Å². The van der Waals surface area contributed by atoms with Gasteiger partial charge in [-0.2, -0.15) is 0 Å². The molecule has 26 heavy (non-hydrogen) atoms. The maximum Gasteiger partial charge on any atom is 0.123 e. The molecule has 3 nitrogen and oxygen atoms in total. The van der Waals surface area contributed by atoms with Gasteiger partial charge in [-0.25, -0.2) is 0 Å². The van der Waals surface area contributed by atoms with Gasteiger partial charge in [0.05, 0.1) is 6.61 Å². The maximum absolute atomic E-state index is 5.81. The van der Waals surface area contributed by atoms with Crippen LogP contribution in [-0.2, 0) is 19.5 Å². The lowest BCUT2D eigenvalue weighted by atomic mass is 10.1. The molecule has 0 unspecified atom stereocenters. The summed E-state index contributed by atoms with van der Waals surface area (Å²) in [5, 5.41) is 0. The first-order chi connectivity index (χ1) is 12.8. The molecule has 0 aliphatic rings. The van der Waals surface area contributed by atoms with Crippen LogP contribution in [0.3, 0.4) is 0 Å². The standard InChI is InChI=1S/C23H26N2O/c1-2-26-23-11-7-6-10-22(23)19-25(18-21-12-15-24-16-13-21)17-14-20-8-4-3-5-9-20/h3-13,15-16H,2,14,17-19H2,1H3. The molecule has 0 radical (unpaired) electrons. The van der Waals surface area contributed by atoms with Crippen molar-refractivity contribution < 1.29 is 4.74 Å². The molecular weight excluding hydrogens is 320 g/mol. The highest BCUT2D eigenvalue weighted by molar-refractivity contribution is 5.33. The highest BCUT2D eigenvalue weighted by Crippen LogP contribution is 2.21. The zero-order valence-corrected chi connectivity index (χ0v) is 15.3. The second-order valence-electron chi connectivity index (χ2n) is 6.34. The number of benzene rings is 2. The fourth-order valence-electron chi connectivity index (χ4n) is 3.06. The van der Waals surface area contributed by atoms with Gasteiger partial charge in [0.2, 0.25) is 0 Å². The van der Waals surface area contributed by atoms with Crippen LogP contribution in [0.2, 0.25) is 0 Å². The molecule has 0 aliphatic carbocycles. The van der Waals surface area contributed by atoms with Crippen molar-refractivity contribution in [1.29, 1.82) is 0 Å². The molecule has 0 spiro atoms. The van der Waals surface area contributed by atoms with Gasteiger partial charge in [0.25, 0.3) is 0 Å². The van der Waals surface area contributed by atoms with Crippen LogP contribution >= 0.6 is 0 Å². The summed E-state index contributed by atoms with van der Waals surface area (Å²) < 4.78 is 5.81. The Morgan fingerprint density at radius 3 is 2.31 bits per heavy atom. The molecule has 0 bridgehead atoms. The number of aromatic nitrogens is 1. The molecular formula is C23H26N2O. The van der Waals surface area contributed by atoms with Crippen LogP contribution in [-0.4, -0.2) is 23.0 Å². The Morgan fingerprint density at radius 2 is 1.54 bits per heavy atom. The number of hydrogen-bond donors (Lipinski definition) is 0. The van der Waals surface area contributed by atoms with Crippen LogP contribution in [0.1, 0.15) is 23.6 Å². The van der Waals surface area contributed by atoms with E-state index in [-0.39, 0.29) is 0 Å². The Hall–Kier alpha value is -2.65. The first kappa shape index (κ1) is 18.2. The minimum Gasteiger partial charge on any atom is -0.494 e. The Morgan fingerprint density at radius 1 is 0.808 bits per heavy atom. The van der Waals surface area contributed by atoms with Crippen LogP contribution in [0.5, 0.6) is 5.75 Å². The van der Waals surface area contributed by atoms with Crippen LogP contribution in [0.25, 0.3) is 0 Å². The summed E-state index contributed by atoms with van der Waals surface area (Å²) in [6, 6.07) is 23.2. The van der Waals surface area contributed by atoms with Gasteiger partial charge in [0, 0.05) is 37.6 Å². The van der Waals surface area contributed by atoms with Gasteiger partial charge in [0.1, 0.15) is 5.75 Å². The molecule has 134 valence electrons. The Balaban J connectivity index is 1.74. The number of hydrogen-bond acceptors (Lipinski definition) is 3. The van der Waals surface area contributed by atoms with E-state index in [4.69, 9.17) is 4.74 Å². The van der Waals surface area contributed by atoms with Crippen LogP contribution in [0.15, 0.2) is 79.1 Å². The highest BCUT2D eigenvalue weighted by Gasteiger charge is 2.11. The smallest absolute Gasteiger partial charge is 0.123 e. The molecule has 0 fully saturated rings. The van der Waals surface area contributed by atoms with E-state index in [1.165, 1.54) is 16.7 Å². The summed E-state index contributed by atoms with van der Waals surface area (Å²) in [5.41, 5.74) is 3.88. The average Bonchev–Trinajstić information content (AvgIpc) is 2.69. The van der Waals surface area contributed by atoms with Crippen molar-refractivity contribution in [3.8, 4) is 5.75 Å². The third-order valence-electron chi connectivity index (χ3n) is 4.38. The first-order valence-electron chi connectivity index (χ1n) is 9.21. The van der Waals surface area contributed by atoms with Crippen LogP contribution < -0.4 is 4.74 Å². The zero-order chi connectivity index (χ0) is 18.0. The number of pyridine rings is 1. The fourth-order valence-corrected chi connectivity index (χ4v) is 3.06. The third-order valence-corrected chi connectivity index (χ3v) is 4.38. The average molecular weight is 346 g/mol. The molecule has 2 aromatic carbocycles. The summed E-state index contributed by atoms with van der Waals surface area (Å²) >= 11 is 0. The van der Waals surface area contributed by atoms with Gasteiger partial charge in [0.15, 0.2) is 0 Å². The minimum absolute atomic E-state index is 0.686. The summed E-state index contributed by atoms with van der Waals surface area (Å²) in [4.78, 5) is 6.60. The van der Waals surface area contributed by atoms with Crippen molar-refractivity contribution in [3.05, 3.63) is 95.8 Å². The summed E-state index contributed by atoms with van der Waals surface area (Å²) in [6.45, 7) is 5.47. The Bertz CT molecular complexity index is 774. The topological polar surface area (TPSA) is 25.4 Å². The van der Waals surface area contributed by atoms with E-state index in [1.807, 2.05) is 25.4 Å². The van der Waals surface area contributed by atoms with Gasteiger partial charge in [-0.15, -0.1) is 0 Å². The number of rotatable bonds is 9. The van der Waals surface area contributed by atoms with Gasteiger partial charge >= 0.3 is 0 Å². The number of para-hydroxylation sites is 1. The molecule has 0 N–H and O–H groups in total. The second-order valence-corrected chi connectivity index (χ2v) is 6.34. The molecule has 0 amide bonds. The van der Waals surface area contributed by atoms with Gasteiger partial charge in [-0.3, -0.25) is 9.88 Å². The summed E-state index contributed by atoms with van der Waals surface area (Å²) in [7, 11) is 0. The monoisotopic (exact) mass is 346 g/mol. The minimum atomic E-state index is 0.686. The van der Waals surface area contributed by atoms with Crippen molar-refractivity contribution in [3.63, 3.8) is 0 Å². The van der Waals surface area contributed by atoms with E-state index >= 15 is 0 Å². The van der Waals surface area contributed by atoms with E-state index < -0.39 is 0 Å². The largest absolute Gasteiger partial charge is 0.494 e. The molecule has 3 heteroatoms. The predicted octanol–water partition coefficient (Wildman–Crippen LogP) is 4.73. The van der Waals surface area contributed by atoms with E-state index in [9.17, 15) is 0 Å². The van der Waals surface area contributed by atoms with Crippen molar-refractivity contribution in [1.82, 2.24) is 9.88 Å². The maximum atomic E-state index is 5.81. The Kier molecular flexibility index (Phi) is 6.80. The van der Waals surface area contributed by atoms with Gasteiger partial charge < -0.3 is 4.74 Å². The highest BCUT2D eigenvalue weighted by atomic mass is 16.5. The van der Waals surface area contributed by atoms with Crippen molar-refractivity contribution in [2.75, 3.05) is 13.2 Å². The first-order valence-corrected chi connectivity index (χ1v) is 9.21. The molecule has 0 saturated carbocycles. The predicted molar refractivity (Wildman–Crippen MR) is 106 cm³/mol. The molecule has 1 heterocycles. The van der Waals surface area contributed by atoms with Crippen LogP contribution in [0, 0.1) is 0 Å². The molecule has 0 atom stereocenters. The second kappa shape index (κ2) is 9.73. The number of nitrogens with zero attached hydrogens (tertiary/aromatic N) is 2. The van der Waals surface area contributed by atoms with E-state index in [0.29, 0.717) is 6.61 Å².